The minimum Gasteiger partial charge on any atom is -0.480 e. The first-order chi connectivity index (χ1) is 7.04. The number of aliphatic carboxylic acids is 1. The molecule has 0 aliphatic carbocycles. The van der Waals surface area contributed by atoms with Crippen LogP contribution in [0.4, 0.5) is 4.39 Å². The van der Waals surface area contributed by atoms with E-state index in [9.17, 15) is 9.18 Å². The van der Waals surface area contributed by atoms with E-state index < -0.39 is 18.1 Å². The lowest BCUT2D eigenvalue weighted by atomic mass is 9.82. The van der Waals surface area contributed by atoms with Crippen LogP contribution in [0.5, 0.6) is 0 Å². The van der Waals surface area contributed by atoms with Crippen molar-refractivity contribution < 1.29 is 14.3 Å². The van der Waals surface area contributed by atoms with Crippen molar-refractivity contribution in [2.75, 3.05) is 0 Å². The second kappa shape index (κ2) is 4.26. The Labute approximate surface area is 88.1 Å². The standard InChI is InChI=1S/C12H13FO2/c1-3-12(2,11(14)15)10-6-4-9(8-13)5-7-10/h3-7H,1,8H2,2H3,(H,14,15)/t12-/m0/s1. The molecule has 0 amide bonds. The molecule has 3 heteroatoms. The first-order valence-corrected chi connectivity index (χ1v) is 4.57. The molecule has 0 bridgehead atoms. The Bertz CT molecular complexity index is 370. The number of benzene rings is 1. The Morgan fingerprint density at radius 3 is 2.40 bits per heavy atom. The fraction of sp³-hybridized carbons (Fsp3) is 0.250. The molecular formula is C12H13FO2. The van der Waals surface area contributed by atoms with Crippen molar-refractivity contribution in [2.45, 2.75) is 19.0 Å². The van der Waals surface area contributed by atoms with Crippen molar-refractivity contribution in [3.8, 4) is 0 Å². The predicted molar refractivity (Wildman–Crippen MR) is 56.4 cm³/mol. The first-order valence-electron chi connectivity index (χ1n) is 4.57. The molecule has 1 aromatic carbocycles. The highest BCUT2D eigenvalue weighted by molar-refractivity contribution is 5.83. The largest absolute Gasteiger partial charge is 0.480 e. The molecule has 0 aliphatic heterocycles. The molecule has 0 spiro atoms. The Kier molecular flexibility index (Phi) is 3.24. The number of hydrogen-bond donors (Lipinski definition) is 1. The molecule has 1 rings (SSSR count). The van der Waals surface area contributed by atoms with Crippen LogP contribution in [0.2, 0.25) is 0 Å². The van der Waals surface area contributed by atoms with Gasteiger partial charge in [-0.1, -0.05) is 30.3 Å². The average molecular weight is 208 g/mol. The molecule has 0 aliphatic rings. The summed E-state index contributed by atoms with van der Waals surface area (Å²) in [5.74, 6) is -0.967. The fourth-order valence-electron chi connectivity index (χ4n) is 1.27. The second-order valence-corrected chi connectivity index (χ2v) is 3.54. The van der Waals surface area contributed by atoms with E-state index >= 15 is 0 Å². The summed E-state index contributed by atoms with van der Waals surface area (Å²) in [6.45, 7) is 4.54. The highest BCUT2D eigenvalue weighted by Gasteiger charge is 2.31. The Morgan fingerprint density at radius 1 is 1.53 bits per heavy atom. The van der Waals surface area contributed by atoms with Crippen LogP contribution >= 0.6 is 0 Å². The van der Waals surface area contributed by atoms with E-state index in [1.54, 1.807) is 31.2 Å². The van der Waals surface area contributed by atoms with Gasteiger partial charge in [0.05, 0.1) is 0 Å². The molecule has 1 N–H and O–H groups in total. The zero-order valence-corrected chi connectivity index (χ0v) is 8.53. The molecule has 0 heterocycles. The summed E-state index contributed by atoms with van der Waals surface area (Å²) in [6, 6.07) is 6.40. The summed E-state index contributed by atoms with van der Waals surface area (Å²) >= 11 is 0. The third-order valence-electron chi connectivity index (χ3n) is 2.56. The fourth-order valence-corrected chi connectivity index (χ4v) is 1.27. The van der Waals surface area contributed by atoms with Gasteiger partial charge in [-0.3, -0.25) is 4.79 Å². The average Bonchev–Trinajstić information content (AvgIpc) is 2.28. The summed E-state index contributed by atoms with van der Waals surface area (Å²) in [5.41, 5.74) is 0.0206. The zero-order chi connectivity index (χ0) is 11.5. The Morgan fingerprint density at radius 2 is 2.07 bits per heavy atom. The van der Waals surface area contributed by atoms with Gasteiger partial charge in [0, 0.05) is 0 Å². The van der Waals surface area contributed by atoms with Crippen LogP contribution in [0.15, 0.2) is 36.9 Å². The number of carboxylic acids is 1. The molecule has 0 fully saturated rings. The van der Waals surface area contributed by atoms with Crippen molar-refractivity contribution in [1.29, 1.82) is 0 Å². The second-order valence-electron chi connectivity index (χ2n) is 3.54. The number of alkyl halides is 1. The lowest BCUT2D eigenvalue weighted by molar-refractivity contribution is -0.141. The molecule has 2 nitrogen and oxygen atoms in total. The van der Waals surface area contributed by atoms with Crippen molar-refractivity contribution >= 4 is 5.97 Å². The number of rotatable bonds is 4. The molecule has 0 aromatic heterocycles. The molecule has 15 heavy (non-hydrogen) atoms. The summed E-state index contributed by atoms with van der Waals surface area (Å²) in [7, 11) is 0. The van der Waals surface area contributed by atoms with Gasteiger partial charge in [-0.25, -0.2) is 4.39 Å². The van der Waals surface area contributed by atoms with Gasteiger partial charge in [-0.05, 0) is 18.1 Å². The smallest absolute Gasteiger partial charge is 0.317 e. The highest BCUT2D eigenvalue weighted by atomic mass is 19.1. The molecule has 0 radical (unpaired) electrons. The molecule has 80 valence electrons. The lowest BCUT2D eigenvalue weighted by Crippen LogP contribution is -2.29. The number of hydrogen-bond acceptors (Lipinski definition) is 1. The van der Waals surface area contributed by atoms with Crippen molar-refractivity contribution in [3.05, 3.63) is 48.0 Å². The predicted octanol–water partition coefficient (Wildman–Crippen LogP) is 2.68. The SMILES string of the molecule is C=C[C@](C)(C(=O)O)c1ccc(CF)cc1. The maximum Gasteiger partial charge on any atom is 0.317 e. The van der Waals surface area contributed by atoms with Crippen LogP contribution in [0, 0.1) is 0 Å². The summed E-state index contributed by atoms with van der Waals surface area (Å²) in [6.07, 6.45) is 1.37. The maximum absolute atomic E-state index is 12.3. The van der Waals surface area contributed by atoms with Gasteiger partial charge in [-0.2, -0.15) is 0 Å². The monoisotopic (exact) mass is 208 g/mol. The van der Waals surface area contributed by atoms with Crippen LogP contribution < -0.4 is 0 Å². The minimum atomic E-state index is -1.12. The molecular weight excluding hydrogens is 195 g/mol. The molecule has 0 saturated carbocycles. The van der Waals surface area contributed by atoms with Crippen LogP contribution in [-0.4, -0.2) is 11.1 Å². The van der Waals surface area contributed by atoms with E-state index in [1.807, 2.05) is 0 Å². The normalized spacial score (nSPS) is 14.3. The number of halogens is 1. The lowest BCUT2D eigenvalue weighted by Gasteiger charge is -2.20. The van der Waals surface area contributed by atoms with Gasteiger partial charge in [0.25, 0.3) is 0 Å². The molecule has 0 unspecified atom stereocenters. The molecule has 0 saturated heterocycles. The van der Waals surface area contributed by atoms with Crippen molar-refractivity contribution in [2.24, 2.45) is 0 Å². The van der Waals surface area contributed by atoms with E-state index in [0.29, 0.717) is 11.1 Å². The third kappa shape index (κ3) is 2.06. The quantitative estimate of drug-likeness (QED) is 0.772. The first kappa shape index (κ1) is 11.4. The van der Waals surface area contributed by atoms with Crippen molar-refractivity contribution in [1.82, 2.24) is 0 Å². The third-order valence-corrected chi connectivity index (χ3v) is 2.56. The molecule has 1 atom stereocenters. The Balaban J connectivity index is 3.14. The van der Waals surface area contributed by atoms with Gasteiger partial charge < -0.3 is 5.11 Å². The minimum absolute atomic E-state index is 0.538. The van der Waals surface area contributed by atoms with Gasteiger partial charge >= 0.3 is 5.97 Å². The number of carboxylic acid groups (broad SMARTS) is 1. The van der Waals surface area contributed by atoms with Gasteiger partial charge in [0.1, 0.15) is 12.1 Å². The van der Waals surface area contributed by atoms with Gasteiger partial charge in [-0.15, -0.1) is 6.58 Å². The zero-order valence-electron chi connectivity index (χ0n) is 8.53. The van der Waals surface area contributed by atoms with E-state index in [2.05, 4.69) is 6.58 Å². The van der Waals surface area contributed by atoms with E-state index in [1.165, 1.54) is 6.08 Å². The summed E-state index contributed by atoms with van der Waals surface area (Å²) in [5, 5.41) is 9.07. The summed E-state index contributed by atoms with van der Waals surface area (Å²) < 4.78 is 12.3. The van der Waals surface area contributed by atoms with Crippen LogP contribution in [0.1, 0.15) is 18.1 Å². The van der Waals surface area contributed by atoms with Crippen LogP contribution in [-0.2, 0) is 16.9 Å². The van der Waals surface area contributed by atoms with E-state index in [0.717, 1.165) is 0 Å². The Hall–Kier alpha value is -1.64. The topological polar surface area (TPSA) is 37.3 Å². The maximum atomic E-state index is 12.3. The van der Waals surface area contributed by atoms with Gasteiger partial charge in [0.2, 0.25) is 0 Å². The highest BCUT2D eigenvalue weighted by Crippen LogP contribution is 2.25. The number of carbonyl (C=O) groups is 1. The summed E-state index contributed by atoms with van der Waals surface area (Å²) in [4.78, 5) is 11.1. The van der Waals surface area contributed by atoms with E-state index in [-0.39, 0.29) is 0 Å². The van der Waals surface area contributed by atoms with E-state index in [4.69, 9.17) is 5.11 Å². The molecule has 1 aromatic rings. The van der Waals surface area contributed by atoms with Gasteiger partial charge in [0.15, 0.2) is 0 Å². The van der Waals surface area contributed by atoms with Crippen molar-refractivity contribution in [3.63, 3.8) is 0 Å². The van der Waals surface area contributed by atoms with Crippen LogP contribution in [0.3, 0.4) is 0 Å². The van der Waals surface area contributed by atoms with Crippen LogP contribution in [0.25, 0.3) is 0 Å².